The Labute approximate surface area is 273 Å². The fraction of sp³-hybridized carbons (Fsp3) is 0.474. The van der Waals surface area contributed by atoms with Gasteiger partial charge in [-0.2, -0.15) is 0 Å². The molecular formula is C38H48N2O6. The number of carbonyl (C=O) groups excluding carboxylic acids is 1. The number of rotatable bonds is 12. The monoisotopic (exact) mass is 628 g/mol. The first kappa shape index (κ1) is 33.3. The second kappa shape index (κ2) is 13.8. The van der Waals surface area contributed by atoms with Crippen LogP contribution in [0.2, 0.25) is 0 Å². The van der Waals surface area contributed by atoms with Gasteiger partial charge < -0.3 is 24.2 Å². The number of amides is 1. The molecule has 246 valence electrons. The van der Waals surface area contributed by atoms with Crippen LogP contribution in [0.5, 0.6) is 11.5 Å². The molecule has 1 aliphatic heterocycles. The van der Waals surface area contributed by atoms with Crippen LogP contribution in [-0.2, 0) is 27.9 Å². The average Bonchev–Trinajstić information content (AvgIpc) is 3.46. The number of nitrogens with zero attached hydrogens (tertiary/aromatic N) is 2. The largest absolute Gasteiger partial charge is 0.492 e. The molecule has 4 atom stereocenters. The summed E-state index contributed by atoms with van der Waals surface area (Å²) < 4.78 is 17.7. The molecule has 0 spiro atoms. The highest BCUT2D eigenvalue weighted by Gasteiger charge is 2.59. The van der Waals surface area contributed by atoms with Crippen molar-refractivity contribution in [2.75, 3.05) is 26.2 Å². The summed E-state index contributed by atoms with van der Waals surface area (Å²) in [5.74, 6) is 1.05. The van der Waals surface area contributed by atoms with E-state index in [0.717, 1.165) is 30.8 Å². The Kier molecular flexibility index (Phi) is 9.96. The average molecular weight is 629 g/mol. The van der Waals surface area contributed by atoms with Gasteiger partial charge in [0.2, 0.25) is 0 Å². The molecule has 1 unspecified atom stereocenters. The fourth-order valence-corrected chi connectivity index (χ4v) is 6.27. The zero-order valence-corrected chi connectivity index (χ0v) is 27.9. The smallest absolute Gasteiger partial charge is 0.410 e. The van der Waals surface area contributed by atoms with Gasteiger partial charge in [-0.1, -0.05) is 75.4 Å². The highest BCUT2D eigenvalue weighted by atomic mass is 16.6. The zero-order valence-electron chi connectivity index (χ0n) is 27.9. The van der Waals surface area contributed by atoms with Crippen LogP contribution in [0.4, 0.5) is 4.79 Å². The lowest BCUT2D eigenvalue weighted by Gasteiger charge is -2.30. The molecule has 3 aromatic carbocycles. The minimum Gasteiger partial charge on any atom is -0.492 e. The summed E-state index contributed by atoms with van der Waals surface area (Å²) in [5.41, 5.74) is 2.71. The van der Waals surface area contributed by atoms with Crippen molar-refractivity contribution in [1.29, 1.82) is 0 Å². The van der Waals surface area contributed by atoms with Crippen LogP contribution in [0.15, 0.2) is 78.9 Å². The van der Waals surface area contributed by atoms with E-state index in [1.807, 2.05) is 80.3 Å². The van der Waals surface area contributed by atoms with Crippen molar-refractivity contribution in [2.45, 2.75) is 77.7 Å². The molecule has 2 aliphatic rings. The molecule has 1 amide bonds. The van der Waals surface area contributed by atoms with Crippen LogP contribution in [0.3, 0.4) is 0 Å². The third-order valence-electron chi connectivity index (χ3n) is 8.68. The number of aliphatic carboxylic acids is 1. The Morgan fingerprint density at radius 2 is 1.46 bits per heavy atom. The second-order valence-corrected chi connectivity index (χ2v) is 14.6. The minimum atomic E-state index is -1.02. The predicted octanol–water partition coefficient (Wildman–Crippen LogP) is 6.81. The third-order valence-corrected chi connectivity index (χ3v) is 8.68. The number of ether oxygens (including phenoxy) is 3. The topological polar surface area (TPSA) is 88.5 Å². The summed E-state index contributed by atoms with van der Waals surface area (Å²) in [5, 5.41) is 9.81. The van der Waals surface area contributed by atoms with Crippen molar-refractivity contribution >= 4 is 12.1 Å². The van der Waals surface area contributed by atoms with Crippen molar-refractivity contribution in [3.05, 3.63) is 95.6 Å². The molecule has 0 radical (unpaired) electrons. The van der Waals surface area contributed by atoms with Gasteiger partial charge in [0.05, 0.1) is 6.54 Å². The van der Waals surface area contributed by atoms with Crippen molar-refractivity contribution in [2.24, 2.45) is 11.8 Å². The van der Waals surface area contributed by atoms with Crippen molar-refractivity contribution < 1.29 is 28.9 Å². The molecule has 1 saturated carbocycles. The molecule has 8 heteroatoms. The number of hydrogen-bond donors (Lipinski definition) is 1. The van der Waals surface area contributed by atoms with Gasteiger partial charge in [-0.3, -0.25) is 4.90 Å². The summed E-state index contributed by atoms with van der Waals surface area (Å²) in [6, 6.07) is 25.6. The Hall–Kier alpha value is -4.04. The van der Waals surface area contributed by atoms with Crippen LogP contribution in [0, 0.1) is 11.8 Å². The van der Waals surface area contributed by atoms with Gasteiger partial charge in [-0.15, -0.1) is 0 Å². The van der Waals surface area contributed by atoms with E-state index < -0.39 is 17.7 Å². The lowest BCUT2D eigenvalue weighted by molar-refractivity contribution is -0.145. The van der Waals surface area contributed by atoms with Crippen LogP contribution in [-0.4, -0.2) is 71.0 Å². The molecule has 0 bridgehead atoms. The SMILES string of the molecule is CC(C)(C)OC(=O)N(CCOc1ccc(C[C@H](Oc2ccc(C(C)(C)C)cc2)C(=O)O)cc1)C1[C@H]2CN(Cc3ccccc3)C[C@@H]12. The van der Waals surface area contributed by atoms with E-state index in [0.29, 0.717) is 36.5 Å². The van der Waals surface area contributed by atoms with Gasteiger partial charge in [-0.05, 0) is 79.0 Å². The summed E-state index contributed by atoms with van der Waals surface area (Å²) in [7, 11) is 0. The number of likely N-dealkylation sites (tertiary alicyclic amines) is 1. The maximum atomic E-state index is 13.3. The number of fused-ring (bicyclic) bond motifs is 1. The standard InChI is InChI=1S/C38H48N2O6/c1-37(2,3)28-14-18-30(19-15-28)45-33(35(41)42)22-26-12-16-29(17-13-26)44-21-20-40(36(43)46-38(4,5)6)34-31-24-39(25-32(31)34)23-27-10-8-7-9-11-27/h7-19,31-34H,20-25H2,1-6H3,(H,41,42)/t31-,32+,33-,34?/m0/s1. The van der Waals surface area contributed by atoms with E-state index in [2.05, 4.69) is 49.9 Å². The molecule has 1 heterocycles. The number of carboxylic acids is 1. The first-order valence-corrected chi connectivity index (χ1v) is 16.2. The van der Waals surface area contributed by atoms with Crippen LogP contribution in [0.1, 0.15) is 58.2 Å². The van der Waals surface area contributed by atoms with Crippen molar-refractivity contribution in [3.63, 3.8) is 0 Å². The van der Waals surface area contributed by atoms with Gasteiger partial charge in [-0.25, -0.2) is 9.59 Å². The Balaban J connectivity index is 1.14. The minimum absolute atomic E-state index is 0.00405. The van der Waals surface area contributed by atoms with Crippen molar-refractivity contribution in [1.82, 2.24) is 9.80 Å². The summed E-state index contributed by atoms with van der Waals surface area (Å²) in [4.78, 5) is 29.6. The molecule has 0 aromatic heterocycles. The summed E-state index contributed by atoms with van der Waals surface area (Å²) in [6.45, 7) is 15.7. The zero-order chi connectivity index (χ0) is 33.1. The molecule has 8 nitrogen and oxygen atoms in total. The number of carboxylic acid groups (broad SMARTS) is 1. The van der Waals surface area contributed by atoms with E-state index in [4.69, 9.17) is 14.2 Å². The number of carbonyl (C=O) groups is 2. The Morgan fingerprint density at radius 3 is 2.02 bits per heavy atom. The van der Waals surface area contributed by atoms with E-state index >= 15 is 0 Å². The van der Waals surface area contributed by atoms with E-state index in [-0.39, 0.29) is 24.0 Å². The Morgan fingerprint density at radius 1 is 0.848 bits per heavy atom. The van der Waals surface area contributed by atoms with Gasteiger partial charge in [0.15, 0.2) is 6.10 Å². The van der Waals surface area contributed by atoms with Gasteiger partial charge in [0, 0.05) is 32.1 Å². The molecule has 5 rings (SSSR count). The first-order valence-electron chi connectivity index (χ1n) is 16.2. The van der Waals surface area contributed by atoms with Gasteiger partial charge in [0.25, 0.3) is 0 Å². The van der Waals surface area contributed by atoms with Crippen LogP contribution >= 0.6 is 0 Å². The maximum absolute atomic E-state index is 13.3. The molecular weight excluding hydrogens is 580 g/mol. The number of hydrogen-bond acceptors (Lipinski definition) is 6. The molecule has 46 heavy (non-hydrogen) atoms. The lowest BCUT2D eigenvalue weighted by Crippen LogP contribution is -2.43. The lowest BCUT2D eigenvalue weighted by atomic mass is 9.87. The van der Waals surface area contributed by atoms with E-state index in [1.54, 1.807) is 0 Å². The highest BCUT2D eigenvalue weighted by molar-refractivity contribution is 5.73. The Bertz CT molecular complexity index is 1450. The quantitative estimate of drug-likeness (QED) is 0.236. The van der Waals surface area contributed by atoms with E-state index in [1.165, 1.54) is 5.56 Å². The summed E-state index contributed by atoms with van der Waals surface area (Å²) in [6.07, 6.45) is -1.10. The predicted molar refractivity (Wildman–Crippen MR) is 178 cm³/mol. The van der Waals surface area contributed by atoms with Gasteiger partial charge >= 0.3 is 12.1 Å². The highest BCUT2D eigenvalue weighted by Crippen LogP contribution is 2.49. The third kappa shape index (κ3) is 8.81. The second-order valence-electron chi connectivity index (χ2n) is 14.6. The normalized spacial score (nSPS) is 20.0. The first-order chi connectivity index (χ1) is 21.8. The molecule has 1 saturated heterocycles. The van der Waals surface area contributed by atoms with Crippen LogP contribution in [0.25, 0.3) is 0 Å². The van der Waals surface area contributed by atoms with Crippen molar-refractivity contribution in [3.8, 4) is 11.5 Å². The molecule has 1 aliphatic carbocycles. The fourth-order valence-electron chi connectivity index (χ4n) is 6.27. The number of piperidine rings is 1. The molecule has 1 N–H and O–H groups in total. The van der Waals surface area contributed by atoms with Gasteiger partial charge in [0.1, 0.15) is 23.7 Å². The molecule has 2 fully saturated rings. The summed E-state index contributed by atoms with van der Waals surface area (Å²) >= 11 is 0. The number of benzene rings is 3. The molecule has 3 aromatic rings. The maximum Gasteiger partial charge on any atom is 0.410 e. The van der Waals surface area contributed by atoms with Crippen LogP contribution < -0.4 is 9.47 Å². The van der Waals surface area contributed by atoms with E-state index in [9.17, 15) is 14.7 Å².